The van der Waals surface area contributed by atoms with Crippen LogP contribution in [0.25, 0.3) is 0 Å². The van der Waals surface area contributed by atoms with Crippen molar-refractivity contribution in [2.75, 3.05) is 6.61 Å². The van der Waals surface area contributed by atoms with Gasteiger partial charge in [-0.15, -0.1) is 0 Å². The predicted molar refractivity (Wildman–Crippen MR) is 71.6 cm³/mol. The molecule has 1 aromatic carbocycles. The molecule has 0 saturated heterocycles. The maximum Gasteiger partial charge on any atom is 0.263 e. The van der Waals surface area contributed by atoms with Crippen molar-refractivity contribution in [3.05, 3.63) is 29.8 Å². The standard InChI is InChI=1S/C13H16N2O3S/c16-9-13(7-3-4-8-13)14-12-10-5-1-2-6-11(10)19(17,18)15-12/h1-2,5-6,16H,3-4,7-9H2,(H,14,15). The number of hydrogen-bond acceptors (Lipinski definition) is 4. The lowest BCUT2D eigenvalue weighted by molar-refractivity contribution is 0.201. The van der Waals surface area contributed by atoms with Crippen LogP contribution in [0, 0.1) is 0 Å². The molecule has 0 amide bonds. The fourth-order valence-corrected chi connectivity index (χ4v) is 4.02. The molecule has 3 rings (SSSR count). The smallest absolute Gasteiger partial charge is 0.263 e. The van der Waals surface area contributed by atoms with E-state index in [1.165, 1.54) is 0 Å². The number of hydrogen-bond donors (Lipinski definition) is 2. The van der Waals surface area contributed by atoms with Gasteiger partial charge in [-0.3, -0.25) is 9.71 Å². The summed E-state index contributed by atoms with van der Waals surface area (Å²) in [7, 11) is -3.49. The quantitative estimate of drug-likeness (QED) is 0.849. The van der Waals surface area contributed by atoms with Crippen molar-refractivity contribution < 1.29 is 13.5 Å². The fraction of sp³-hybridized carbons (Fsp3) is 0.462. The lowest BCUT2D eigenvalue weighted by Gasteiger charge is -2.22. The van der Waals surface area contributed by atoms with E-state index in [2.05, 4.69) is 9.71 Å². The second-order valence-electron chi connectivity index (χ2n) is 5.15. The third kappa shape index (κ3) is 2.04. The van der Waals surface area contributed by atoms with E-state index in [9.17, 15) is 13.5 Å². The number of aliphatic hydroxyl groups excluding tert-OH is 1. The van der Waals surface area contributed by atoms with Crippen molar-refractivity contribution in [3.63, 3.8) is 0 Å². The van der Waals surface area contributed by atoms with Crippen LogP contribution in [-0.2, 0) is 10.0 Å². The number of aliphatic imine (C=N–C) groups is 1. The van der Waals surface area contributed by atoms with Gasteiger partial charge in [0.1, 0.15) is 5.84 Å². The number of rotatable bonds is 2. The molecule has 1 saturated carbocycles. The summed E-state index contributed by atoms with van der Waals surface area (Å²) in [6.07, 6.45) is 3.64. The number of nitrogens with one attached hydrogen (secondary N) is 1. The minimum absolute atomic E-state index is 0.0413. The van der Waals surface area contributed by atoms with Crippen LogP contribution in [0.1, 0.15) is 31.2 Å². The third-order valence-corrected chi connectivity index (χ3v) is 5.24. The van der Waals surface area contributed by atoms with E-state index in [0.29, 0.717) is 11.4 Å². The zero-order chi connectivity index (χ0) is 13.5. The van der Waals surface area contributed by atoms with Crippen LogP contribution in [0.4, 0.5) is 0 Å². The first-order valence-corrected chi connectivity index (χ1v) is 7.88. The lowest BCUT2D eigenvalue weighted by atomic mass is 10.00. The van der Waals surface area contributed by atoms with Crippen molar-refractivity contribution >= 4 is 15.9 Å². The van der Waals surface area contributed by atoms with Gasteiger partial charge in [-0.1, -0.05) is 25.0 Å². The van der Waals surface area contributed by atoms with Crippen molar-refractivity contribution in [2.24, 2.45) is 4.99 Å². The van der Waals surface area contributed by atoms with Gasteiger partial charge in [0.15, 0.2) is 0 Å². The normalized spacial score (nSPS) is 25.2. The zero-order valence-electron chi connectivity index (χ0n) is 10.5. The van der Waals surface area contributed by atoms with E-state index >= 15 is 0 Å². The molecule has 19 heavy (non-hydrogen) atoms. The van der Waals surface area contributed by atoms with Crippen molar-refractivity contribution in [3.8, 4) is 0 Å². The van der Waals surface area contributed by atoms with Crippen LogP contribution >= 0.6 is 0 Å². The Morgan fingerprint density at radius 1 is 1.26 bits per heavy atom. The maximum atomic E-state index is 12.0. The highest BCUT2D eigenvalue weighted by Crippen LogP contribution is 2.34. The molecule has 0 radical (unpaired) electrons. The van der Waals surface area contributed by atoms with Crippen LogP contribution in [0.15, 0.2) is 34.2 Å². The number of sulfonamides is 1. The van der Waals surface area contributed by atoms with E-state index in [0.717, 1.165) is 25.7 Å². The minimum atomic E-state index is -3.49. The third-order valence-electron chi connectivity index (χ3n) is 3.84. The maximum absolute atomic E-state index is 12.0. The Balaban J connectivity index is 2.09. The van der Waals surface area contributed by atoms with E-state index < -0.39 is 15.6 Å². The van der Waals surface area contributed by atoms with Gasteiger partial charge in [0, 0.05) is 5.56 Å². The Kier molecular flexibility index (Phi) is 2.87. The summed E-state index contributed by atoms with van der Waals surface area (Å²) in [4.78, 5) is 4.80. The topological polar surface area (TPSA) is 78.8 Å². The van der Waals surface area contributed by atoms with Crippen molar-refractivity contribution in [2.45, 2.75) is 36.1 Å². The van der Waals surface area contributed by atoms with Gasteiger partial charge in [0.05, 0.1) is 17.0 Å². The summed E-state index contributed by atoms with van der Waals surface area (Å²) < 4.78 is 26.4. The molecule has 0 unspecified atom stereocenters. The Labute approximate surface area is 112 Å². The monoisotopic (exact) mass is 280 g/mol. The molecule has 1 aromatic rings. The number of benzene rings is 1. The van der Waals surface area contributed by atoms with Crippen molar-refractivity contribution in [1.82, 2.24) is 4.72 Å². The van der Waals surface area contributed by atoms with Crippen LogP contribution in [-0.4, -0.2) is 31.5 Å². The second-order valence-corrected chi connectivity index (χ2v) is 6.80. The number of fused-ring (bicyclic) bond motifs is 1. The molecular formula is C13H16N2O3S. The molecule has 2 aliphatic rings. The molecular weight excluding hydrogens is 264 g/mol. The first-order chi connectivity index (χ1) is 9.06. The summed E-state index contributed by atoms with van der Waals surface area (Å²) in [6.45, 7) is -0.0413. The molecule has 102 valence electrons. The van der Waals surface area contributed by atoms with Crippen LogP contribution in [0.5, 0.6) is 0 Å². The fourth-order valence-electron chi connectivity index (χ4n) is 2.79. The van der Waals surface area contributed by atoms with Gasteiger partial charge in [0.25, 0.3) is 10.0 Å². The average molecular weight is 280 g/mol. The summed E-state index contributed by atoms with van der Waals surface area (Å²) in [6, 6.07) is 6.79. The molecule has 0 bridgehead atoms. The highest BCUT2D eigenvalue weighted by Gasteiger charge is 2.37. The van der Waals surface area contributed by atoms with E-state index in [1.54, 1.807) is 24.3 Å². The summed E-state index contributed by atoms with van der Waals surface area (Å²) >= 11 is 0. The summed E-state index contributed by atoms with van der Waals surface area (Å²) in [5, 5.41) is 9.57. The average Bonchev–Trinajstić information content (AvgIpc) is 2.95. The second kappa shape index (κ2) is 4.31. The summed E-state index contributed by atoms with van der Waals surface area (Å²) in [5.74, 6) is 0.367. The number of aliphatic hydroxyl groups is 1. The van der Waals surface area contributed by atoms with Crippen LogP contribution < -0.4 is 4.72 Å². The van der Waals surface area contributed by atoms with Gasteiger partial charge in [0.2, 0.25) is 0 Å². The first-order valence-electron chi connectivity index (χ1n) is 6.39. The van der Waals surface area contributed by atoms with E-state index in [-0.39, 0.29) is 11.5 Å². The molecule has 1 aliphatic carbocycles. The lowest BCUT2D eigenvalue weighted by Crippen LogP contribution is -2.32. The van der Waals surface area contributed by atoms with Gasteiger partial charge in [-0.05, 0) is 25.0 Å². The molecule has 0 atom stereocenters. The molecule has 1 heterocycles. The largest absolute Gasteiger partial charge is 0.394 e. The van der Waals surface area contributed by atoms with Crippen LogP contribution in [0.3, 0.4) is 0 Å². The van der Waals surface area contributed by atoms with Crippen LogP contribution in [0.2, 0.25) is 0 Å². The predicted octanol–water partition coefficient (Wildman–Crippen LogP) is 1.03. The Morgan fingerprint density at radius 3 is 2.63 bits per heavy atom. The Hall–Kier alpha value is -1.40. The molecule has 0 spiro atoms. The van der Waals surface area contributed by atoms with Gasteiger partial charge in [-0.2, -0.15) is 0 Å². The zero-order valence-corrected chi connectivity index (χ0v) is 11.3. The molecule has 6 heteroatoms. The van der Waals surface area contributed by atoms with Crippen molar-refractivity contribution in [1.29, 1.82) is 0 Å². The first kappa shape index (κ1) is 12.6. The van der Waals surface area contributed by atoms with Gasteiger partial charge in [-0.25, -0.2) is 8.42 Å². The van der Waals surface area contributed by atoms with E-state index in [1.807, 2.05) is 0 Å². The molecule has 1 aliphatic heterocycles. The number of amidine groups is 1. The molecule has 1 fully saturated rings. The van der Waals surface area contributed by atoms with E-state index in [4.69, 9.17) is 0 Å². The highest BCUT2D eigenvalue weighted by molar-refractivity contribution is 7.90. The summed E-state index contributed by atoms with van der Waals surface area (Å²) in [5.41, 5.74) is 0.0807. The molecule has 5 nitrogen and oxygen atoms in total. The number of nitrogens with zero attached hydrogens (tertiary/aromatic N) is 1. The highest BCUT2D eigenvalue weighted by atomic mass is 32.2. The molecule has 0 aromatic heterocycles. The minimum Gasteiger partial charge on any atom is -0.394 e. The van der Waals surface area contributed by atoms with Gasteiger partial charge >= 0.3 is 0 Å². The molecule has 2 N–H and O–H groups in total. The Bertz CT molecular complexity index is 631. The SMILES string of the molecule is O=S1(=O)NC(=NC2(CO)CCCC2)c2ccccc21. The Morgan fingerprint density at radius 2 is 1.95 bits per heavy atom. The van der Waals surface area contributed by atoms with Gasteiger partial charge < -0.3 is 5.11 Å².